The van der Waals surface area contributed by atoms with Gasteiger partial charge in [0.25, 0.3) is 5.91 Å². The maximum absolute atomic E-state index is 12.5. The van der Waals surface area contributed by atoms with E-state index in [0.717, 1.165) is 37.1 Å². The van der Waals surface area contributed by atoms with Gasteiger partial charge in [0.2, 0.25) is 0 Å². The standard InChI is InChI=1S/C14H22N2OS/c1-3-5-11-8-13(18-10(11)2)14(17)16-7-4-6-12(16)9-15/h8,12H,3-7,9,15H2,1-2H3/t12-/m0/s1. The molecule has 4 heteroatoms. The Morgan fingerprint density at radius 1 is 1.61 bits per heavy atom. The summed E-state index contributed by atoms with van der Waals surface area (Å²) < 4.78 is 0. The SMILES string of the molecule is CCCc1cc(C(=O)N2CCC[C@H]2CN)sc1C. The fraction of sp³-hybridized carbons (Fsp3) is 0.643. The number of hydrogen-bond donors (Lipinski definition) is 1. The summed E-state index contributed by atoms with van der Waals surface area (Å²) in [5.74, 6) is 0.179. The van der Waals surface area contributed by atoms with Gasteiger partial charge in [-0.1, -0.05) is 13.3 Å². The number of carbonyl (C=O) groups is 1. The van der Waals surface area contributed by atoms with Gasteiger partial charge < -0.3 is 10.6 Å². The van der Waals surface area contributed by atoms with Crippen LogP contribution in [0.2, 0.25) is 0 Å². The van der Waals surface area contributed by atoms with E-state index in [1.807, 2.05) is 4.90 Å². The molecule has 1 aromatic heterocycles. The van der Waals surface area contributed by atoms with Crippen LogP contribution in [0.1, 0.15) is 46.3 Å². The van der Waals surface area contributed by atoms with E-state index < -0.39 is 0 Å². The predicted molar refractivity (Wildman–Crippen MR) is 76.2 cm³/mol. The lowest BCUT2D eigenvalue weighted by atomic mass is 10.1. The summed E-state index contributed by atoms with van der Waals surface area (Å²) in [6, 6.07) is 2.33. The predicted octanol–water partition coefficient (Wildman–Crippen LogP) is 2.57. The number of aryl methyl sites for hydroxylation is 2. The Bertz CT molecular complexity index is 427. The Hall–Kier alpha value is -0.870. The van der Waals surface area contributed by atoms with Crippen LogP contribution in [0.4, 0.5) is 0 Å². The third kappa shape index (κ3) is 2.59. The summed E-state index contributed by atoms with van der Waals surface area (Å²) in [5, 5.41) is 0. The summed E-state index contributed by atoms with van der Waals surface area (Å²) in [4.78, 5) is 16.6. The molecule has 1 aromatic rings. The van der Waals surface area contributed by atoms with Crippen LogP contribution in [0.5, 0.6) is 0 Å². The molecule has 1 saturated heterocycles. The summed E-state index contributed by atoms with van der Waals surface area (Å²) in [6.07, 6.45) is 4.32. The molecule has 0 aromatic carbocycles. The molecule has 0 unspecified atom stereocenters. The molecule has 0 spiro atoms. The van der Waals surface area contributed by atoms with Crippen molar-refractivity contribution in [2.75, 3.05) is 13.1 Å². The van der Waals surface area contributed by atoms with Crippen LogP contribution in [-0.2, 0) is 6.42 Å². The molecular weight excluding hydrogens is 244 g/mol. The highest BCUT2D eigenvalue weighted by Gasteiger charge is 2.29. The maximum atomic E-state index is 12.5. The van der Waals surface area contributed by atoms with Gasteiger partial charge in [-0.2, -0.15) is 0 Å². The quantitative estimate of drug-likeness (QED) is 0.910. The molecule has 0 radical (unpaired) electrons. The minimum absolute atomic E-state index is 0.179. The Kier molecular flexibility index (Phi) is 4.40. The van der Waals surface area contributed by atoms with Gasteiger partial charge in [0.1, 0.15) is 0 Å². The van der Waals surface area contributed by atoms with E-state index in [4.69, 9.17) is 5.73 Å². The van der Waals surface area contributed by atoms with Crippen LogP contribution in [0.25, 0.3) is 0 Å². The number of nitrogens with zero attached hydrogens (tertiary/aromatic N) is 1. The second-order valence-electron chi connectivity index (χ2n) is 4.97. The first-order valence-electron chi connectivity index (χ1n) is 6.77. The van der Waals surface area contributed by atoms with Crippen molar-refractivity contribution >= 4 is 17.2 Å². The molecule has 0 bridgehead atoms. The third-order valence-electron chi connectivity index (χ3n) is 3.66. The zero-order chi connectivity index (χ0) is 13.1. The Labute approximate surface area is 113 Å². The van der Waals surface area contributed by atoms with E-state index in [0.29, 0.717) is 6.54 Å². The van der Waals surface area contributed by atoms with Crippen LogP contribution >= 0.6 is 11.3 Å². The summed E-state index contributed by atoms with van der Waals surface area (Å²) in [6.45, 7) is 5.72. The maximum Gasteiger partial charge on any atom is 0.264 e. The van der Waals surface area contributed by atoms with Crippen LogP contribution in [0.15, 0.2) is 6.07 Å². The topological polar surface area (TPSA) is 46.3 Å². The number of nitrogens with two attached hydrogens (primary N) is 1. The van der Waals surface area contributed by atoms with Gasteiger partial charge in [-0.15, -0.1) is 11.3 Å². The lowest BCUT2D eigenvalue weighted by Gasteiger charge is -2.22. The lowest BCUT2D eigenvalue weighted by Crippen LogP contribution is -2.39. The molecule has 1 aliphatic heterocycles. The molecule has 1 fully saturated rings. The number of hydrogen-bond acceptors (Lipinski definition) is 3. The Morgan fingerprint density at radius 2 is 2.39 bits per heavy atom. The number of carbonyl (C=O) groups excluding carboxylic acids is 1. The van der Waals surface area contributed by atoms with E-state index in [1.54, 1.807) is 11.3 Å². The average molecular weight is 266 g/mol. The Morgan fingerprint density at radius 3 is 3.06 bits per heavy atom. The number of amides is 1. The molecule has 3 nitrogen and oxygen atoms in total. The molecule has 100 valence electrons. The fourth-order valence-electron chi connectivity index (χ4n) is 2.63. The number of thiophene rings is 1. The average Bonchev–Trinajstić information content (AvgIpc) is 2.96. The fourth-order valence-corrected chi connectivity index (χ4v) is 3.66. The highest BCUT2D eigenvalue weighted by molar-refractivity contribution is 7.14. The highest BCUT2D eigenvalue weighted by Crippen LogP contribution is 2.27. The second kappa shape index (κ2) is 5.85. The molecule has 0 saturated carbocycles. The van der Waals surface area contributed by atoms with Crippen LogP contribution in [-0.4, -0.2) is 29.9 Å². The first-order valence-corrected chi connectivity index (χ1v) is 7.59. The van der Waals surface area contributed by atoms with Crippen molar-refractivity contribution in [3.63, 3.8) is 0 Å². The molecule has 1 amide bonds. The van der Waals surface area contributed by atoms with Gasteiger partial charge in [-0.25, -0.2) is 0 Å². The molecule has 1 aliphatic rings. The summed E-state index contributed by atoms with van der Waals surface area (Å²) in [5.41, 5.74) is 7.06. The van der Waals surface area contributed by atoms with Crippen molar-refractivity contribution < 1.29 is 4.79 Å². The molecule has 1 atom stereocenters. The van der Waals surface area contributed by atoms with E-state index in [2.05, 4.69) is 19.9 Å². The largest absolute Gasteiger partial charge is 0.334 e. The van der Waals surface area contributed by atoms with Gasteiger partial charge in [-0.05, 0) is 37.8 Å². The van der Waals surface area contributed by atoms with Crippen molar-refractivity contribution in [1.29, 1.82) is 0 Å². The number of likely N-dealkylation sites (tertiary alicyclic amines) is 1. The van der Waals surface area contributed by atoms with Crippen LogP contribution in [0, 0.1) is 6.92 Å². The van der Waals surface area contributed by atoms with Crippen molar-refractivity contribution in [2.45, 2.75) is 45.6 Å². The van der Waals surface area contributed by atoms with Crippen molar-refractivity contribution in [2.24, 2.45) is 5.73 Å². The summed E-state index contributed by atoms with van der Waals surface area (Å²) in [7, 11) is 0. The van der Waals surface area contributed by atoms with Gasteiger partial charge in [0.05, 0.1) is 4.88 Å². The van der Waals surface area contributed by atoms with Gasteiger partial charge in [-0.3, -0.25) is 4.79 Å². The van der Waals surface area contributed by atoms with E-state index in [9.17, 15) is 4.79 Å². The van der Waals surface area contributed by atoms with E-state index in [1.165, 1.54) is 10.4 Å². The smallest absolute Gasteiger partial charge is 0.264 e. The molecule has 2 rings (SSSR count). The zero-order valence-corrected chi connectivity index (χ0v) is 12.1. The molecule has 0 aliphatic carbocycles. The second-order valence-corrected chi connectivity index (χ2v) is 6.23. The molecular formula is C14H22N2OS. The molecule has 2 heterocycles. The molecule has 2 N–H and O–H groups in total. The van der Waals surface area contributed by atoms with Crippen molar-refractivity contribution in [1.82, 2.24) is 4.90 Å². The normalized spacial score (nSPS) is 19.5. The van der Waals surface area contributed by atoms with E-state index >= 15 is 0 Å². The van der Waals surface area contributed by atoms with Gasteiger partial charge in [0.15, 0.2) is 0 Å². The van der Waals surface area contributed by atoms with Crippen molar-refractivity contribution in [3.05, 3.63) is 21.4 Å². The zero-order valence-electron chi connectivity index (χ0n) is 11.2. The Balaban J connectivity index is 2.15. The van der Waals surface area contributed by atoms with Crippen molar-refractivity contribution in [3.8, 4) is 0 Å². The lowest BCUT2D eigenvalue weighted by molar-refractivity contribution is 0.0746. The van der Waals surface area contributed by atoms with Gasteiger partial charge in [0, 0.05) is 24.0 Å². The third-order valence-corrected chi connectivity index (χ3v) is 4.74. The first kappa shape index (κ1) is 13.6. The van der Waals surface area contributed by atoms with Crippen LogP contribution < -0.4 is 5.73 Å². The monoisotopic (exact) mass is 266 g/mol. The van der Waals surface area contributed by atoms with Crippen LogP contribution in [0.3, 0.4) is 0 Å². The van der Waals surface area contributed by atoms with Gasteiger partial charge >= 0.3 is 0 Å². The minimum atomic E-state index is 0.179. The number of rotatable bonds is 4. The summed E-state index contributed by atoms with van der Waals surface area (Å²) >= 11 is 1.63. The minimum Gasteiger partial charge on any atom is -0.334 e. The molecule has 18 heavy (non-hydrogen) atoms. The highest BCUT2D eigenvalue weighted by atomic mass is 32.1. The first-order chi connectivity index (χ1) is 8.67. The van der Waals surface area contributed by atoms with E-state index in [-0.39, 0.29) is 11.9 Å².